The van der Waals surface area contributed by atoms with Crippen molar-refractivity contribution in [2.75, 3.05) is 4.90 Å². The van der Waals surface area contributed by atoms with Crippen LogP contribution in [-0.4, -0.2) is 11.0 Å². The molecule has 0 aliphatic carbocycles. The summed E-state index contributed by atoms with van der Waals surface area (Å²) in [5, 5.41) is 11.6. The normalized spacial score (nSPS) is 18.7. The van der Waals surface area contributed by atoms with Gasteiger partial charge in [0.15, 0.2) is 5.60 Å². The Morgan fingerprint density at radius 3 is 2.07 bits per heavy atom. The van der Waals surface area contributed by atoms with E-state index in [2.05, 4.69) is 0 Å². The van der Waals surface area contributed by atoms with Crippen LogP contribution >= 0.6 is 0 Å². The number of nitrogens with zero attached hydrogens (tertiary/aromatic N) is 1. The lowest BCUT2D eigenvalue weighted by atomic mass is 9.86. The van der Waals surface area contributed by atoms with Crippen molar-refractivity contribution in [3.63, 3.8) is 0 Å². The van der Waals surface area contributed by atoms with E-state index >= 15 is 0 Å². The highest BCUT2D eigenvalue weighted by Gasteiger charge is 2.51. The molecule has 1 atom stereocenters. The number of amides is 1. The molecule has 1 aliphatic rings. The SMILES string of the molecule is Cc1ccc(CN2C(=O)C(O)(c3ccc(C)cc3)c3cccc(C)c32)cc1. The third kappa shape index (κ3) is 2.75. The van der Waals surface area contributed by atoms with Crippen LogP contribution in [0.2, 0.25) is 0 Å². The first-order valence-corrected chi connectivity index (χ1v) is 9.18. The van der Waals surface area contributed by atoms with Crippen molar-refractivity contribution in [3.8, 4) is 0 Å². The van der Waals surface area contributed by atoms with Crippen LogP contribution in [0.4, 0.5) is 5.69 Å². The van der Waals surface area contributed by atoms with Gasteiger partial charge < -0.3 is 10.0 Å². The molecule has 4 rings (SSSR count). The fourth-order valence-electron chi connectivity index (χ4n) is 3.82. The van der Waals surface area contributed by atoms with Gasteiger partial charge in [-0.1, -0.05) is 77.9 Å². The molecule has 27 heavy (non-hydrogen) atoms. The maximum absolute atomic E-state index is 13.5. The second-order valence-corrected chi connectivity index (χ2v) is 7.42. The van der Waals surface area contributed by atoms with Crippen LogP contribution in [0.3, 0.4) is 0 Å². The summed E-state index contributed by atoms with van der Waals surface area (Å²) >= 11 is 0. The number of aliphatic hydroxyl groups is 1. The summed E-state index contributed by atoms with van der Waals surface area (Å²) in [4.78, 5) is 15.2. The van der Waals surface area contributed by atoms with E-state index in [1.54, 1.807) is 4.90 Å². The zero-order valence-electron chi connectivity index (χ0n) is 15.9. The number of rotatable bonds is 3. The van der Waals surface area contributed by atoms with E-state index in [1.165, 1.54) is 5.56 Å². The maximum Gasteiger partial charge on any atom is 0.268 e. The lowest BCUT2D eigenvalue weighted by molar-refractivity contribution is -0.132. The third-order valence-electron chi connectivity index (χ3n) is 5.38. The molecule has 3 aromatic carbocycles. The van der Waals surface area contributed by atoms with Gasteiger partial charge in [-0.25, -0.2) is 0 Å². The highest BCUT2D eigenvalue weighted by molar-refractivity contribution is 6.09. The summed E-state index contributed by atoms with van der Waals surface area (Å²) in [6.45, 7) is 6.45. The zero-order chi connectivity index (χ0) is 19.2. The van der Waals surface area contributed by atoms with Gasteiger partial charge >= 0.3 is 0 Å². The van der Waals surface area contributed by atoms with Crippen LogP contribution in [0, 0.1) is 20.8 Å². The highest BCUT2D eigenvalue weighted by Crippen LogP contribution is 2.46. The van der Waals surface area contributed by atoms with E-state index in [0.29, 0.717) is 17.7 Å². The molecule has 0 spiro atoms. The van der Waals surface area contributed by atoms with Crippen LogP contribution in [0.15, 0.2) is 66.7 Å². The Hall–Kier alpha value is -2.91. The molecule has 1 unspecified atom stereocenters. The van der Waals surface area contributed by atoms with Crippen molar-refractivity contribution in [3.05, 3.63) is 100 Å². The summed E-state index contributed by atoms with van der Waals surface area (Å²) < 4.78 is 0. The molecular weight excluding hydrogens is 334 g/mol. The van der Waals surface area contributed by atoms with Gasteiger partial charge in [-0.15, -0.1) is 0 Å². The summed E-state index contributed by atoms with van der Waals surface area (Å²) in [5.41, 5.74) is 4.71. The molecule has 1 amide bonds. The lowest BCUT2D eigenvalue weighted by Gasteiger charge is -2.24. The number of aryl methyl sites for hydroxylation is 3. The average molecular weight is 357 g/mol. The topological polar surface area (TPSA) is 40.5 Å². The molecule has 0 radical (unpaired) electrons. The van der Waals surface area contributed by atoms with Crippen molar-refractivity contribution in [2.45, 2.75) is 32.9 Å². The Morgan fingerprint density at radius 2 is 1.44 bits per heavy atom. The molecule has 1 N–H and O–H groups in total. The molecule has 0 saturated heterocycles. The van der Waals surface area contributed by atoms with E-state index in [1.807, 2.05) is 87.5 Å². The Kier molecular flexibility index (Phi) is 4.12. The first-order chi connectivity index (χ1) is 12.9. The van der Waals surface area contributed by atoms with Crippen LogP contribution in [0.5, 0.6) is 0 Å². The van der Waals surface area contributed by atoms with E-state index < -0.39 is 5.60 Å². The van der Waals surface area contributed by atoms with Gasteiger partial charge in [0.1, 0.15) is 0 Å². The van der Waals surface area contributed by atoms with Gasteiger partial charge in [-0.2, -0.15) is 0 Å². The maximum atomic E-state index is 13.5. The third-order valence-corrected chi connectivity index (χ3v) is 5.38. The fourth-order valence-corrected chi connectivity index (χ4v) is 3.82. The Balaban J connectivity index is 1.84. The van der Waals surface area contributed by atoms with Crippen LogP contribution in [0.25, 0.3) is 0 Å². The quantitative estimate of drug-likeness (QED) is 0.755. The molecule has 0 bridgehead atoms. The lowest BCUT2D eigenvalue weighted by Crippen LogP contribution is -2.40. The zero-order valence-corrected chi connectivity index (χ0v) is 15.9. The molecule has 3 aromatic rings. The average Bonchev–Trinajstić information content (AvgIpc) is 2.88. The molecule has 136 valence electrons. The summed E-state index contributed by atoms with van der Waals surface area (Å²) in [6, 6.07) is 21.4. The summed E-state index contributed by atoms with van der Waals surface area (Å²) in [5.74, 6) is -0.295. The Morgan fingerprint density at radius 1 is 0.852 bits per heavy atom. The van der Waals surface area contributed by atoms with Crippen LogP contribution < -0.4 is 4.90 Å². The van der Waals surface area contributed by atoms with Gasteiger partial charge in [0.25, 0.3) is 5.91 Å². The van der Waals surface area contributed by atoms with Gasteiger partial charge in [0.05, 0.1) is 12.2 Å². The molecule has 0 fully saturated rings. The first-order valence-electron chi connectivity index (χ1n) is 9.18. The molecular formula is C24H23NO2. The molecule has 3 heteroatoms. The van der Waals surface area contributed by atoms with Crippen molar-refractivity contribution >= 4 is 11.6 Å². The second kappa shape index (κ2) is 6.36. The van der Waals surface area contributed by atoms with Crippen molar-refractivity contribution in [1.82, 2.24) is 0 Å². The van der Waals surface area contributed by atoms with Gasteiger partial charge in [-0.05, 0) is 37.5 Å². The van der Waals surface area contributed by atoms with Crippen molar-refractivity contribution < 1.29 is 9.90 Å². The number of carbonyl (C=O) groups excluding carboxylic acids is 1. The van der Waals surface area contributed by atoms with E-state index in [4.69, 9.17) is 0 Å². The number of hydrogen-bond donors (Lipinski definition) is 1. The van der Waals surface area contributed by atoms with Gasteiger partial charge in [-0.3, -0.25) is 4.79 Å². The number of benzene rings is 3. The number of carbonyl (C=O) groups is 1. The van der Waals surface area contributed by atoms with Crippen molar-refractivity contribution in [2.24, 2.45) is 0 Å². The number of fused-ring (bicyclic) bond motifs is 1. The van der Waals surface area contributed by atoms with E-state index in [0.717, 1.165) is 22.4 Å². The number of anilines is 1. The van der Waals surface area contributed by atoms with Gasteiger partial charge in [0, 0.05) is 5.56 Å². The first kappa shape index (κ1) is 17.5. The molecule has 1 heterocycles. The van der Waals surface area contributed by atoms with Crippen LogP contribution in [0.1, 0.15) is 33.4 Å². The van der Waals surface area contributed by atoms with Crippen LogP contribution in [-0.2, 0) is 16.9 Å². The van der Waals surface area contributed by atoms with E-state index in [9.17, 15) is 9.90 Å². The summed E-state index contributed by atoms with van der Waals surface area (Å²) in [7, 11) is 0. The Bertz CT molecular complexity index is 1010. The highest BCUT2D eigenvalue weighted by atomic mass is 16.3. The minimum Gasteiger partial charge on any atom is -0.372 e. The minimum absolute atomic E-state index is 0.295. The molecule has 3 nitrogen and oxygen atoms in total. The predicted molar refractivity (Wildman–Crippen MR) is 108 cm³/mol. The Labute approximate surface area is 159 Å². The molecule has 1 aliphatic heterocycles. The molecule has 0 saturated carbocycles. The number of para-hydroxylation sites is 1. The van der Waals surface area contributed by atoms with Gasteiger partial charge in [0.2, 0.25) is 0 Å². The monoisotopic (exact) mass is 357 g/mol. The number of hydrogen-bond acceptors (Lipinski definition) is 2. The standard InChI is InChI=1S/C24H23NO2/c1-16-7-11-19(12-8-16)15-25-22-18(3)5-4-6-21(22)24(27,23(25)26)20-13-9-17(2)10-14-20/h4-14,27H,15H2,1-3H3. The smallest absolute Gasteiger partial charge is 0.268 e. The summed E-state index contributed by atoms with van der Waals surface area (Å²) in [6.07, 6.45) is 0. The van der Waals surface area contributed by atoms with E-state index in [-0.39, 0.29) is 5.91 Å². The van der Waals surface area contributed by atoms with Crippen molar-refractivity contribution in [1.29, 1.82) is 0 Å². The molecule has 0 aromatic heterocycles. The predicted octanol–water partition coefficient (Wildman–Crippen LogP) is 4.39. The minimum atomic E-state index is -1.65. The largest absolute Gasteiger partial charge is 0.372 e. The fraction of sp³-hybridized carbons (Fsp3) is 0.208. The second-order valence-electron chi connectivity index (χ2n) is 7.42.